The quantitative estimate of drug-likeness (QED) is 0.775. The fourth-order valence-electron chi connectivity index (χ4n) is 4.68. The summed E-state index contributed by atoms with van der Waals surface area (Å²) < 4.78 is 0. The highest BCUT2D eigenvalue weighted by Gasteiger charge is 2.48. The van der Waals surface area contributed by atoms with Gasteiger partial charge in [0.25, 0.3) is 0 Å². The van der Waals surface area contributed by atoms with Crippen LogP contribution in [-0.2, 0) is 0 Å². The molecule has 0 radical (unpaired) electrons. The standard InChI is InChI=1S/C19H27N/c1-18(2)12-17-13-19(3,14-18)15-20(17)11-7-10-16-8-5-4-6-9-16/h4-10,17H,11-15H2,1-3H3. The van der Waals surface area contributed by atoms with E-state index in [-0.39, 0.29) is 0 Å². The third kappa shape index (κ3) is 2.98. The molecule has 2 unspecified atom stereocenters. The van der Waals surface area contributed by atoms with E-state index in [9.17, 15) is 0 Å². The van der Waals surface area contributed by atoms with E-state index in [0.29, 0.717) is 10.8 Å². The maximum Gasteiger partial charge on any atom is 0.0169 e. The summed E-state index contributed by atoms with van der Waals surface area (Å²) in [7, 11) is 0. The van der Waals surface area contributed by atoms with Crippen molar-refractivity contribution >= 4 is 6.08 Å². The highest BCUT2D eigenvalue weighted by atomic mass is 15.2. The van der Waals surface area contributed by atoms with Gasteiger partial charge in [0, 0.05) is 19.1 Å². The van der Waals surface area contributed by atoms with Crippen LogP contribution in [0.5, 0.6) is 0 Å². The van der Waals surface area contributed by atoms with Gasteiger partial charge in [0.2, 0.25) is 0 Å². The van der Waals surface area contributed by atoms with Crippen LogP contribution in [0.3, 0.4) is 0 Å². The molecule has 1 aliphatic carbocycles. The number of benzene rings is 1. The largest absolute Gasteiger partial charge is 0.296 e. The third-order valence-electron chi connectivity index (χ3n) is 4.97. The fourth-order valence-corrected chi connectivity index (χ4v) is 4.68. The predicted molar refractivity (Wildman–Crippen MR) is 86.6 cm³/mol. The van der Waals surface area contributed by atoms with Crippen molar-refractivity contribution in [3.05, 3.63) is 42.0 Å². The second-order valence-corrected chi connectivity index (χ2v) is 7.96. The molecule has 1 heterocycles. The molecule has 108 valence electrons. The van der Waals surface area contributed by atoms with Gasteiger partial charge in [-0.3, -0.25) is 4.90 Å². The van der Waals surface area contributed by atoms with Gasteiger partial charge in [-0.05, 0) is 35.7 Å². The van der Waals surface area contributed by atoms with E-state index in [1.165, 1.54) is 31.4 Å². The number of rotatable bonds is 3. The van der Waals surface area contributed by atoms with E-state index in [1.54, 1.807) is 0 Å². The summed E-state index contributed by atoms with van der Waals surface area (Å²) in [5.74, 6) is 0. The molecule has 1 aromatic rings. The smallest absolute Gasteiger partial charge is 0.0169 e. The lowest BCUT2D eigenvalue weighted by Crippen LogP contribution is -2.34. The second kappa shape index (κ2) is 5.04. The monoisotopic (exact) mass is 269 g/mol. The average molecular weight is 269 g/mol. The third-order valence-corrected chi connectivity index (χ3v) is 4.97. The first-order valence-corrected chi connectivity index (χ1v) is 7.92. The first-order valence-electron chi connectivity index (χ1n) is 7.92. The van der Waals surface area contributed by atoms with Crippen LogP contribution in [0.2, 0.25) is 0 Å². The Morgan fingerprint density at radius 2 is 1.90 bits per heavy atom. The average Bonchev–Trinajstić information content (AvgIpc) is 2.60. The van der Waals surface area contributed by atoms with E-state index in [1.807, 2.05) is 0 Å². The summed E-state index contributed by atoms with van der Waals surface area (Å²) in [4.78, 5) is 2.70. The van der Waals surface area contributed by atoms with Gasteiger partial charge in [-0.1, -0.05) is 63.3 Å². The van der Waals surface area contributed by atoms with E-state index in [0.717, 1.165) is 12.6 Å². The van der Waals surface area contributed by atoms with Crippen molar-refractivity contribution in [1.82, 2.24) is 4.90 Å². The minimum atomic E-state index is 0.523. The molecule has 2 atom stereocenters. The van der Waals surface area contributed by atoms with Gasteiger partial charge in [0.1, 0.15) is 0 Å². The second-order valence-electron chi connectivity index (χ2n) is 7.96. The minimum Gasteiger partial charge on any atom is -0.296 e. The minimum absolute atomic E-state index is 0.523. The molecule has 1 aliphatic heterocycles. The highest BCUT2D eigenvalue weighted by Crippen LogP contribution is 2.52. The molecule has 2 aliphatic rings. The maximum absolute atomic E-state index is 2.70. The fraction of sp³-hybridized carbons (Fsp3) is 0.579. The van der Waals surface area contributed by atoms with E-state index < -0.39 is 0 Å². The zero-order valence-corrected chi connectivity index (χ0v) is 13.1. The van der Waals surface area contributed by atoms with Crippen molar-refractivity contribution in [3.63, 3.8) is 0 Å². The number of nitrogens with zero attached hydrogens (tertiary/aromatic N) is 1. The number of hydrogen-bond acceptors (Lipinski definition) is 1. The molecule has 1 nitrogen and oxygen atoms in total. The van der Waals surface area contributed by atoms with Gasteiger partial charge in [-0.25, -0.2) is 0 Å². The van der Waals surface area contributed by atoms with Crippen molar-refractivity contribution in [3.8, 4) is 0 Å². The Morgan fingerprint density at radius 1 is 1.15 bits per heavy atom. The predicted octanol–water partition coefficient (Wildman–Crippen LogP) is 4.60. The lowest BCUT2D eigenvalue weighted by Gasteiger charge is -2.39. The van der Waals surface area contributed by atoms with Crippen LogP contribution < -0.4 is 0 Å². The van der Waals surface area contributed by atoms with Gasteiger partial charge in [0.05, 0.1) is 0 Å². The molecule has 0 N–H and O–H groups in total. The van der Waals surface area contributed by atoms with Gasteiger partial charge >= 0.3 is 0 Å². The molecule has 1 saturated heterocycles. The first-order chi connectivity index (χ1) is 9.46. The Labute approximate surface area is 123 Å². The topological polar surface area (TPSA) is 3.24 Å². The molecular formula is C19H27N. The van der Waals surface area contributed by atoms with Crippen LogP contribution >= 0.6 is 0 Å². The zero-order chi connectivity index (χ0) is 14.2. The van der Waals surface area contributed by atoms with Crippen molar-refractivity contribution in [2.45, 2.75) is 46.1 Å². The number of likely N-dealkylation sites (tertiary alicyclic amines) is 1. The Bertz CT molecular complexity index is 488. The summed E-state index contributed by atoms with van der Waals surface area (Å²) >= 11 is 0. The molecule has 2 bridgehead atoms. The van der Waals surface area contributed by atoms with E-state index in [4.69, 9.17) is 0 Å². The van der Waals surface area contributed by atoms with Crippen LogP contribution in [0.25, 0.3) is 6.08 Å². The first kappa shape index (κ1) is 13.9. The highest BCUT2D eigenvalue weighted by molar-refractivity contribution is 5.48. The number of hydrogen-bond donors (Lipinski definition) is 0. The maximum atomic E-state index is 2.70. The lowest BCUT2D eigenvalue weighted by atomic mass is 9.65. The molecule has 1 aromatic carbocycles. The van der Waals surface area contributed by atoms with Crippen LogP contribution in [0.1, 0.15) is 45.6 Å². The molecule has 20 heavy (non-hydrogen) atoms. The Balaban J connectivity index is 1.64. The van der Waals surface area contributed by atoms with Crippen molar-refractivity contribution < 1.29 is 0 Å². The van der Waals surface area contributed by atoms with E-state index >= 15 is 0 Å². The van der Waals surface area contributed by atoms with E-state index in [2.05, 4.69) is 68.2 Å². The Hall–Kier alpha value is -1.08. The molecule has 3 rings (SSSR count). The van der Waals surface area contributed by atoms with Gasteiger partial charge in [-0.15, -0.1) is 0 Å². The van der Waals surface area contributed by atoms with Crippen LogP contribution in [0.15, 0.2) is 36.4 Å². The normalized spacial score (nSPS) is 32.9. The Morgan fingerprint density at radius 3 is 2.65 bits per heavy atom. The van der Waals surface area contributed by atoms with Crippen LogP contribution in [0, 0.1) is 10.8 Å². The van der Waals surface area contributed by atoms with Gasteiger partial charge < -0.3 is 0 Å². The molecule has 0 spiro atoms. The van der Waals surface area contributed by atoms with Crippen molar-refractivity contribution in [2.75, 3.05) is 13.1 Å². The zero-order valence-electron chi connectivity index (χ0n) is 13.1. The van der Waals surface area contributed by atoms with Crippen molar-refractivity contribution in [2.24, 2.45) is 10.8 Å². The number of fused-ring (bicyclic) bond motifs is 2. The summed E-state index contributed by atoms with van der Waals surface area (Å²) in [6, 6.07) is 11.4. The molecule has 1 heteroatoms. The summed E-state index contributed by atoms with van der Waals surface area (Å²) in [6.45, 7) is 9.76. The van der Waals surface area contributed by atoms with Gasteiger partial charge in [0.15, 0.2) is 0 Å². The summed E-state index contributed by atoms with van der Waals surface area (Å²) in [5.41, 5.74) is 2.38. The van der Waals surface area contributed by atoms with Crippen LogP contribution in [0.4, 0.5) is 0 Å². The lowest BCUT2D eigenvalue weighted by molar-refractivity contribution is 0.129. The van der Waals surface area contributed by atoms with Crippen molar-refractivity contribution in [1.29, 1.82) is 0 Å². The molecule has 1 saturated carbocycles. The SMILES string of the molecule is CC1(C)CC2CC(C)(CN2CC=Cc2ccccc2)C1. The molecule has 0 aromatic heterocycles. The molecular weight excluding hydrogens is 242 g/mol. The van der Waals surface area contributed by atoms with Crippen LogP contribution in [-0.4, -0.2) is 24.0 Å². The summed E-state index contributed by atoms with van der Waals surface area (Å²) in [5, 5.41) is 0. The molecule has 2 fully saturated rings. The summed E-state index contributed by atoms with van der Waals surface area (Å²) in [6.07, 6.45) is 8.74. The Kier molecular flexibility index (Phi) is 3.50. The molecule has 0 amide bonds. The van der Waals surface area contributed by atoms with Gasteiger partial charge in [-0.2, -0.15) is 0 Å².